The van der Waals surface area contributed by atoms with Gasteiger partial charge in [-0.2, -0.15) is 0 Å². The van der Waals surface area contributed by atoms with E-state index in [1.807, 2.05) is 4.90 Å². The zero-order valence-electron chi connectivity index (χ0n) is 8.83. The molecule has 1 saturated heterocycles. The van der Waals surface area contributed by atoms with Crippen molar-refractivity contribution in [3.63, 3.8) is 0 Å². The van der Waals surface area contributed by atoms with Crippen LogP contribution in [0.25, 0.3) is 0 Å². The van der Waals surface area contributed by atoms with Crippen LogP contribution < -0.4 is 4.90 Å². The molecule has 1 aromatic heterocycles. The summed E-state index contributed by atoms with van der Waals surface area (Å²) in [7, 11) is 0. The van der Waals surface area contributed by atoms with Gasteiger partial charge in [0.25, 0.3) is 0 Å². The van der Waals surface area contributed by atoms with E-state index >= 15 is 0 Å². The first-order chi connectivity index (χ1) is 7.68. The van der Waals surface area contributed by atoms with E-state index < -0.39 is 5.97 Å². The van der Waals surface area contributed by atoms with E-state index in [-0.39, 0.29) is 11.7 Å². The maximum Gasteiger partial charge on any atom is 0.308 e. The molecule has 1 unspecified atom stereocenters. The minimum Gasteiger partial charge on any atom is -0.504 e. The second-order valence-corrected chi connectivity index (χ2v) is 3.97. The highest BCUT2D eigenvalue weighted by Gasteiger charge is 2.27. The minimum absolute atomic E-state index is 0.105. The van der Waals surface area contributed by atoms with Crippen molar-refractivity contribution < 1.29 is 15.0 Å². The third kappa shape index (κ3) is 2.08. The van der Waals surface area contributed by atoms with Crippen molar-refractivity contribution in [1.82, 2.24) is 4.98 Å². The van der Waals surface area contributed by atoms with Crippen molar-refractivity contribution in [3.05, 3.63) is 18.3 Å². The van der Waals surface area contributed by atoms with E-state index in [1.54, 1.807) is 18.3 Å². The molecule has 1 aliphatic rings. The van der Waals surface area contributed by atoms with Gasteiger partial charge in [0.15, 0.2) is 11.6 Å². The molecule has 2 heterocycles. The van der Waals surface area contributed by atoms with Crippen molar-refractivity contribution in [1.29, 1.82) is 0 Å². The van der Waals surface area contributed by atoms with Crippen molar-refractivity contribution >= 4 is 11.8 Å². The highest BCUT2D eigenvalue weighted by molar-refractivity contribution is 5.71. The third-order valence-corrected chi connectivity index (χ3v) is 2.84. The molecule has 86 valence electrons. The number of carbonyl (C=O) groups is 1. The number of carboxylic acid groups (broad SMARTS) is 1. The monoisotopic (exact) mass is 222 g/mol. The molecule has 0 bridgehead atoms. The Kier molecular flexibility index (Phi) is 2.94. The second kappa shape index (κ2) is 4.38. The van der Waals surface area contributed by atoms with Crippen molar-refractivity contribution in [2.24, 2.45) is 5.92 Å². The summed E-state index contributed by atoms with van der Waals surface area (Å²) in [6.45, 7) is 1.16. The first-order valence-electron chi connectivity index (χ1n) is 5.30. The zero-order valence-corrected chi connectivity index (χ0v) is 8.83. The number of aliphatic carboxylic acids is 1. The van der Waals surface area contributed by atoms with Gasteiger partial charge >= 0.3 is 5.97 Å². The Balaban J connectivity index is 2.16. The molecule has 1 fully saturated rings. The number of pyridine rings is 1. The van der Waals surface area contributed by atoms with Crippen LogP contribution in [0.4, 0.5) is 5.82 Å². The lowest BCUT2D eigenvalue weighted by atomic mass is 9.98. The highest BCUT2D eigenvalue weighted by Crippen LogP contribution is 2.28. The van der Waals surface area contributed by atoms with Gasteiger partial charge in [0.1, 0.15) is 0 Å². The highest BCUT2D eigenvalue weighted by atomic mass is 16.4. The molecular formula is C11H14N2O3. The molecule has 0 spiro atoms. The molecule has 5 nitrogen and oxygen atoms in total. The number of piperidine rings is 1. The van der Waals surface area contributed by atoms with Crippen LogP contribution in [0.2, 0.25) is 0 Å². The third-order valence-electron chi connectivity index (χ3n) is 2.84. The van der Waals surface area contributed by atoms with Crippen LogP contribution in [-0.4, -0.2) is 34.3 Å². The van der Waals surface area contributed by atoms with Gasteiger partial charge in [-0.1, -0.05) is 0 Å². The molecule has 5 heteroatoms. The summed E-state index contributed by atoms with van der Waals surface area (Å²) in [5.74, 6) is -0.558. The van der Waals surface area contributed by atoms with Crippen molar-refractivity contribution in [2.75, 3.05) is 18.0 Å². The standard InChI is InChI=1S/C11H14N2O3/c14-9-4-1-5-12-10(9)13-6-2-3-8(7-13)11(15)16/h1,4-5,8,14H,2-3,6-7H2,(H,15,16). The number of aromatic hydroxyl groups is 1. The molecule has 0 aromatic carbocycles. The molecule has 1 atom stereocenters. The maximum absolute atomic E-state index is 10.9. The van der Waals surface area contributed by atoms with E-state index in [0.717, 1.165) is 13.0 Å². The summed E-state index contributed by atoms with van der Waals surface area (Å²) in [6, 6.07) is 3.21. The van der Waals surface area contributed by atoms with Gasteiger partial charge in [-0.25, -0.2) is 4.98 Å². The normalized spacial score (nSPS) is 20.8. The fourth-order valence-electron chi connectivity index (χ4n) is 2.00. The molecule has 1 aromatic rings. The number of hydrogen-bond donors (Lipinski definition) is 2. The van der Waals surface area contributed by atoms with Crippen LogP contribution in [0.3, 0.4) is 0 Å². The summed E-state index contributed by atoms with van der Waals surface area (Å²) in [4.78, 5) is 16.8. The summed E-state index contributed by atoms with van der Waals surface area (Å²) in [5, 5.41) is 18.6. The van der Waals surface area contributed by atoms with Crippen molar-refractivity contribution in [3.8, 4) is 5.75 Å². The average Bonchev–Trinajstić information content (AvgIpc) is 2.30. The maximum atomic E-state index is 10.9. The summed E-state index contributed by atoms with van der Waals surface area (Å²) in [5.41, 5.74) is 0. The van der Waals surface area contributed by atoms with Gasteiger partial charge in [0.05, 0.1) is 5.92 Å². The quantitative estimate of drug-likeness (QED) is 0.783. The lowest BCUT2D eigenvalue weighted by Crippen LogP contribution is -2.39. The predicted molar refractivity (Wildman–Crippen MR) is 58.5 cm³/mol. The fourth-order valence-corrected chi connectivity index (χ4v) is 2.00. The largest absolute Gasteiger partial charge is 0.504 e. The van der Waals surface area contributed by atoms with Gasteiger partial charge in [-0.15, -0.1) is 0 Å². The van der Waals surface area contributed by atoms with Gasteiger partial charge in [-0.05, 0) is 25.0 Å². The van der Waals surface area contributed by atoms with Crippen LogP contribution in [0, 0.1) is 5.92 Å². The molecular weight excluding hydrogens is 208 g/mol. The molecule has 0 amide bonds. The predicted octanol–water partition coefficient (Wildman–Crippen LogP) is 1.09. The Bertz CT molecular complexity index is 395. The Morgan fingerprint density at radius 2 is 2.38 bits per heavy atom. The number of carboxylic acids is 1. The number of hydrogen-bond acceptors (Lipinski definition) is 4. The summed E-state index contributed by atoms with van der Waals surface area (Å²) in [6.07, 6.45) is 3.10. The lowest BCUT2D eigenvalue weighted by molar-refractivity contribution is -0.141. The summed E-state index contributed by atoms with van der Waals surface area (Å²) >= 11 is 0. The Morgan fingerprint density at radius 3 is 3.06 bits per heavy atom. The number of aromatic nitrogens is 1. The van der Waals surface area contributed by atoms with Crippen LogP contribution in [0.1, 0.15) is 12.8 Å². The Hall–Kier alpha value is -1.78. The van der Waals surface area contributed by atoms with E-state index in [2.05, 4.69) is 4.98 Å². The van der Waals surface area contributed by atoms with E-state index in [1.165, 1.54) is 0 Å². The smallest absolute Gasteiger partial charge is 0.308 e. The Labute approximate surface area is 93.3 Å². The van der Waals surface area contributed by atoms with Crippen LogP contribution in [0.5, 0.6) is 5.75 Å². The molecule has 2 rings (SSSR count). The summed E-state index contributed by atoms with van der Waals surface area (Å²) < 4.78 is 0. The van der Waals surface area contributed by atoms with Crippen LogP contribution in [0.15, 0.2) is 18.3 Å². The fraction of sp³-hybridized carbons (Fsp3) is 0.455. The zero-order chi connectivity index (χ0) is 11.5. The van der Waals surface area contributed by atoms with Crippen molar-refractivity contribution in [2.45, 2.75) is 12.8 Å². The average molecular weight is 222 g/mol. The van der Waals surface area contributed by atoms with Gasteiger partial charge in [0.2, 0.25) is 0 Å². The van der Waals surface area contributed by atoms with Gasteiger partial charge in [0, 0.05) is 19.3 Å². The minimum atomic E-state index is -0.778. The topological polar surface area (TPSA) is 73.7 Å². The van der Waals surface area contributed by atoms with Gasteiger partial charge < -0.3 is 15.1 Å². The first-order valence-corrected chi connectivity index (χ1v) is 5.30. The van der Waals surface area contributed by atoms with E-state index in [0.29, 0.717) is 18.8 Å². The molecule has 1 aliphatic heterocycles. The molecule has 0 radical (unpaired) electrons. The molecule has 2 N–H and O–H groups in total. The van der Waals surface area contributed by atoms with Gasteiger partial charge in [-0.3, -0.25) is 4.79 Å². The van der Waals surface area contributed by atoms with Crippen LogP contribution in [-0.2, 0) is 4.79 Å². The first kappa shape index (κ1) is 10.7. The number of rotatable bonds is 2. The molecule has 16 heavy (non-hydrogen) atoms. The second-order valence-electron chi connectivity index (χ2n) is 3.97. The van der Waals surface area contributed by atoms with E-state index in [9.17, 15) is 9.90 Å². The molecule has 0 saturated carbocycles. The molecule has 0 aliphatic carbocycles. The number of nitrogens with zero attached hydrogens (tertiary/aromatic N) is 2. The van der Waals surface area contributed by atoms with E-state index in [4.69, 9.17) is 5.11 Å². The SMILES string of the molecule is O=C(O)C1CCCN(c2ncccc2O)C1. The van der Waals surface area contributed by atoms with Crippen LogP contribution >= 0.6 is 0 Å². The Morgan fingerprint density at radius 1 is 1.56 bits per heavy atom. The lowest BCUT2D eigenvalue weighted by Gasteiger charge is -2.31. The number of anilines is 1.